The Labute approximate surface area is 132 Å². The van der Waals surface area contributed by atoms with E-state index in [0.29, 0.717) is 13.1 Å². The predicted molar refractivity (Wildman–Crippen MR) is 85.8 cm³/mol. The average Bonchev–Trinajstić information content (AvgIpc) is 2.56. The van der Waals surface area contributed by atoms with Crippen molar-refractivity contribution in [3.05, 3.63) is 35.9 Å². The minimum Gasteiger partial charge on any atom is -0.440 e. The van der Waals surface area contributed by atoms with E-state index in [1.807, 2.05) is 30.3 Å². The second kappa shape index (κ2) is 9.43. The number of nitrogens with zero attached hydrogens (tertiary/aromatic N) is 1. The lowest BCUT2D eigenvalue weighted by Crippen LogP contribution is -2.40. The van der Waals surface area contributed by atoms with Crippen molar-refractivity contribution in [3.63, 3.8) is 0 Å². The smallest absolute Gasteiger partial charge is 0.407 e. The molecule has 1 heterocycles. The molecule has 1 unspecified atom stereocenters. The van der Waals surface area contributed by atoms with Gasteiger partial charge in [-0.3, -0.25) is 4.90 Å². The molecule has 5 heteroatoms. The lowest BCUT2D eigenvalue weighted by molar-refractivity contribution is 0.00830. The number of ether oxygens (including phenoxy) is 2. The van der Waals surface area contributed by atoms with Crippen LogP contribution in [-0.2, 0) is 9.47 Å². The molecule has 0 aliphatic carbocycles. The van der Waals surface area contributed by atoms with Gasteiger partial charge in [0, 0.05) is 26.2 Å². The van der Waals surface area contributed by atoms with E-state index in [9.17, 15) is 4.79 Å². The van der Waals surface area contributed by atoms with Gasteiger partial charge in [0.15, 0.2) is 0 Å². The number of rotatable bonds is 7. The summed E-state index contributed by atoms with van der Waals surface area (Å²) in [5.74, 6) is 0. The molecule has 2 rings (SSSR count). The maximum atomic E-state index is 12.0. The maximum absolute atomic E-state index is 12.0. The van der Waals surface area contributed by atoms with E-state index in [1.54, 1.807) is 0 Å². The van der Waals surface area contributed by atoms with Gasteiger partial charge < -0.3 is 14.8 Å². The Bertz CT molecular complexity index is 433. The first kappa shape index (κ1) is 16.8. The molecular weight excluding hydrogens is 280 g/mol. The summed E-state index contributed by atoms with van der Waals surface area (Å²) in [6.07, 6.45) is 1.43. The van der Waals surface area contributed by atoms with Crippen LogP contribution >= 0.6 is 0 Å². The molecule has 22 heavy (non-hydrogen) atoms. The zero-order valence-electron chi connectivity index (χ0n) is 13.3. The average molecular weight is 306 g/mol. The van der Waals surface area contributed by atoms with Gasteiger partial charge in [-0.1, -0.05) is 43.7 Å². The minimum absolute atomic E-state index is 0.249. The summed E-state index contributed by atoms with van der Waals surface area (Å²) < 4.78 is 11.0. The van der Waals surface area contributed by atoms with Gasteiger partial charge in [0.25, 0.3) is 0 Å². The number of carbonyl (C=O) groups excluding carboxylic acids is 1. The number of amides is 1. The molecule has 1 aromatic carbocycles. The van der Waals surface area contributed by atoms with Crippen LogP contribution in [-0.4, -0.2) is 50.4 Å². The molecule has 1 aromatic rings. The number of carbonyl (C=O) groups is 1. The van der Waals surface area contributed by atoms with Crippen LogP contribution in [0.5, 0.6) is 0 Å². The Hall–Kier alpha value is -1.59. The van der Waals surface area contributed by atoms with Gasteiger partial charge in [0.05, 0.1) is 13.2 Å². The molecule has 5 nitrogen and oxygen atoms in total. The standard InChI is InChI=1S/C17H26N2O3/c1-2-3-9-18-17(20)22-16(15-7-5-4-6-8-15)14-19-10-12-21-13-11-19/h4-8,16H,2-3,9-14H2,1H3,(H,18,20). The van der Waals surface area contributed by atoms with Crippen LogP contribution < -0.4 is 5.32 Å². The van der Waals surface area contributed by atoms with Crippen LogP contribution in [0.1, 0.15) is 31.4 Å². The maximum Gasteiger partial charge on any atom is 0.407 e. The van der Waals surface area contributed by atoms with Crippen LogP contribution in [0.4, 0.5) is 4.79 Å². The molecular formula is C17H26N2O3. The molecule has 1 fully saturated rings. The molecule has 122 valence electrons. The van der Waals surface area contributed by atoms with E-state index >= 15 is 0 Å². The molecule has 0 saturated carbocycles. The van der Waals surface area contributed by atoms with Crippen LogP contribution in [0.2, 0.25) is 0 Å². The quantitative estimate of drug-likeness (QED) is 0.787. The van der Waals surface area contributed by atoms with Crippen molar-refractivity contribution >= 4 is 6.09 Å². The Morgan fingerprint density at radius 1 is 1.32 bits per heavy atom. The van der Waals surface area contributed by atoms with E-state index in [-0.39, 0.29) is 12.2 Å². The summed E-state index contributed by atoms with van der Waals surface area (Å²) in [4.78, 5) is 14.2. The van der Waals surface area contributed by atoms with Crippen molar-refractivity contribution in [1.82, 2.24) is 10.2 Å². The number of hydrogen-bond donors (Lipinski definition) is 1. The lowest BCUT2D eigenvalue weighted by atomic mass is 10.1. The Morgan fingerprint density at radius 3 is 2.73 bits per heavy atom. The van der Waals surface area contributed by atoms with Gasteiger partial charge in [-0.05, 0) is 12.0 Å². The third kappa shape index (κ3) is 5.66. The van der Waals surface area contributed by atoms with E-state index in [0.717, 1.165) is 44.7 Å². The van der Waals surface area contributed by atoms with Gasteiger partial charge in [0.2, 0.25) is 0 Å². The first-order valence-electron chi connectivity index (χ1n) is 8.09. The van der Waals surface area contributed by atoms with E-state index < -0.39 is 0 Å². The Morgan fingerprint density at radius 2 is 2.05 bits per heavy atom. The highest BCUT2D eigenvalue weighted by atomic mass is 16.6. The van der Waals surface area contributed by atoms with Crippen molar-refractivity contribution in [2.45, 2.75) is 25.9 Å². The Balaban J connectivity index is 1.93. The summed E-state index contributed by atoms with van der Waals surface area (Å²) in [5, 5.41) is 2.82. The van der Waals surface area contributed by atoms with Crippen molar-refractivity contribution < 1.29 is 14.3 Å². The lowest BCUT2D eigenvalue weighted by Gasteiger charge is -2.30. The Kier molecular flexibility index (Phi) is 7.19. The number of nitrogens with one attached hydrogen (secondary N) is 1. The number of unbranched alkanes of at least 4 members (excludes halogenated alkanes) is 1. The van der Waals surface area contributed by atoms with Gasteiger partial charge in [-0.25, -0.2) is 4.79 Å². The van der Waals surface area contributed by atoms with E-state index in [4.69, 9.17) is 9.47 Å². The number of morpholine rings is 1. The summed E-state index contributed by atoms with van der Waals surface area (Å²) in [5.41, 5.74) is 1.03. The van der Waals surface area contributed by atoms with Gasteiger partial charge >= 0.3 is 6.09 Å². The topological polar surface area (TPSA) is 50.8 Å². The van der Waals surface area contributed by atoms with Crippen LogP contribution in [0.15, 0.2) is 30.3 Å². The fourth-order valence-electron chi connectivity index (χ4n) is 2.43. The van der Waals surface area contributed by atoms with Gasteiger partial charge in [0.1, 0.15) is 6.10 Å². The first-order valence-corrected chi connectivity index (χ1v) is 8.09. The third-order valence-electron chi connectivity index (χ3n) is 3.75. The minimum atomic E-state index is -0.337. The fraction of sp³-hybridized carbons (Fsp3) is 0.588. The predicted octanol–water partition coefficient (Wildman–Crippen LogP) is 2.59. The second-order valence-electron chi connectivity index (χ2n) is 5.50. The molecule has 1 N–H and O–H groups in total. The SMILES string of the molecule is CCCCNC(=O)OC(CN1CCOCC1)c1ccccc1. The van der Waals surface area contributed by atoms with Crippen LogP contribution in [0.25, 0.3) is 0 Å². The summed E-state index contributed by atoms with van der Waals surface area (Å²) in [7, 11) is 0. The molecule has 1 saturated heterocycles. The molecule has 0 bridgehead atoms. The number of benzene rings is 1. The number of hydrogen-bond acceptors (Lipinski definition) is 4. The fourth-order valence-corrected chi connectivity index (χ4v) is 2.43. The normalized spacial score (nSPS) is 17.0. The highest BCUT2D eigenvalue weighted by molar-refractivity contribution is 5.67. The molecule has 0 spiro atoms. The van der Waals surface area contributed by atoms with Crippen molar-refractivity contribution in [3.8, 4) is 0 Å². The van der Waals surface area contributed by atoms with Crippen LogP contribution in [0.3, 0.4) is 0 Å². The zero-order chi connectivity index (χ0) is 15.6. The molecule has 1 atom stereocenters. The molecule has 0 aromatic heterocycles. The number of alkyl carbamates (subject to hydrolysis) is 1. The van der Waals surface area contributed by atoms with E-state index in [2.05, 4.69) is 17.1 Å². The molecule has 1 aliphatic rings. The van der Waals surface area contributed by atoms with E-state index in [1.165, 1.54) is 0 Å². The summed E-state index contributed by atoms with van der Waals surface area (Å²) in [6.45, 7) is 6.70. The van der Waals surface area contributed by atoms with Gasteiger partial charge in [-0.2, -0.15) is 0 Å². The third-order valence-corrected chi connectivity index (χ3v) is 3.75. The molecule has 1 aliphatic heterocycles. The van der Waals surface area contributed by atoms with Crippen LogP contribution in [0, 0.1) is 0 Å². The zero-order valence-corrected chi connectivity index (χ0v) is 13.3. The highest BCUT2D eigenvalue weighted by Crippen LogP contribution is 2.19. The largest absolute Gasteiger partial charge is 0.440 e. The first-order chi connectivity index (χ1) is 10.8. The van der Waals surface area contributed by atoms with Crippen molar-refractivity contribution in [2.75, 3.05) is 39.4 Å². The summed E-state index contributed by atoms with van der Waals surface area (Å²) in [6, 6.07) is 9.92. The van der Waals surface area contributed by atoms with Gasteiger partial charge in [-0.15, -0.1) is 0 Å². The second-order valence-corrected chi connectivity index (χ2v) is 5.50. The van der Waals surface area contributed by atoms with Crippen molar-refractivity contribution in [1.29, 1.82) is 0 Å². The molecule has 0 radical (unpaired) electrons. The van der Waals surface area contributed by atoms with Crippen molar-refractivity contribution in [2.24, 2.45) is 0 Å². The molecule has 1 amide bonds. The summed E-state index contributed by atoms with van der Waals surface area (Å²) >= 11 is 0. The monoisotopic (exact) mass is 306 g/mol. The highest BCUT2D eigenvalue weighted by Gasteiger charge is 2.21.